The van der Waals surface area contributed by atoms with Gasteiger partial charge in [-0.05, 0) is 95.9 Å². The van der Waals surface area contributed by atoms with Crippen LogP contribution in [0.15, 0.2) is 140 Å². The molecule has 4 aromatic rings. The molecular weight excluding hydrogens is 965 g/mol. The predicted octanol–water partition coefficient (Wildman–Crippen LogP) is 3.53. The molecule has 18 heteroatoms. The Bertz CT molecular complexity index is 2780. The second kappa shape index (κ2) is 26.0. The van der Waals surface area contributed by atoms with E-state index in [-0.39, 0.29) is 43.0 Å². The Morgan fingerprint density at radius 2 is 0.961 bits per heavy atom. The van der Waals surface area contributed by atoms with Gasteiger partial charge in [-0.3, -0.25) is 38.4 Å². The van der Waals surface area contributed by atoms with Crippen LogP contribution in [-0.4, -0.2) is 127 Å². The van der Waals surface area contributed by atoms with Gasteiger partial charge in [0.2, 0.25) is 29.5 Å². The fraction of sp³-hybridized carbons (Fsp3) is 0.379. The van der Waals surface area contributed by atoms with E-state index in [4.69, 9.17) is 0 Å². The van der Waals surface area contributed by atoms with E-state index in [9.17, 15) is 38.4 Å². The van der Waals surface area contributed by atoms with Crippen LogP contribution in [0.4, 0.5) is 0 Å². The van der Waals surface area contributed by atoms with E-state index in [0.29, 0.717) is 12.0 Å². The molecule has 1 unspecified atom stereocenters. The predicted molar refractivity (Wildman–Crippen MR) is 288 cm³/mol. The average molecular weight is 1040 g/mol. The van der Waals surface area contributed by atoms with Crippen molar-refractivity contribution in [3.05, 3.63) is 167 Å². The number of amides is 8. The van der Waals surface area contributed by atoms with Crippen LogP contribution in [0.1, 0.15) is 102 Å². The van der Waals surface area contributed by atoms with Crippen molar-refractivity contribution in [3.63, 3.8) is 0 Å². The number of nitrogens with one attached hydrogen (secondary N) is 8. The lowest BCUT2D eigenvalue weighted by molar-refractivity contribution is -0.142. The number of carbonyl (C=O) groups is 8. The van der Waals surface area contributed by atoms with Gasteiger partial charge in [0, 0.05) is 42.2 Å². The van der Waals surface area contributed by atoms with E-state index in [1.54, 1.807) is 76.5 Å². The maximum Gasteiger partial charge on any atom is 0.251 e. The molecule has 7 rings (SSSR count). The molecule has 2 fully saturated rings. The van der Waals surface area contributed by atoms with E-state index >= 15 is 0 Å². The molecule has 0 saturated carbocycles. The highest BCUT2D eigenvalue weighted by atomic mass is 16.2. The van der Waals surface area contributed by atoms with Gasteiger partial charge in [0.1, 0.15) is 24.2 Å². The second-order valence-electron chi connectivity index (χ2n) is 19.8. The number of rotatable bonds is 20. The molecule has 0 spiro atoms. The molecule has 18 nitrogen and oxygen atoms in total. The SMILES string of the molecule is CN[C@@H](C)C(=O)N[C@H](C(=O)N1C[C@@H](NC(=O)c2cccc(C(=O)N[C@H]3C[C@@H](C(=O)N[C@H](C)c4ccccc4)N(C(=O)[C@@H](NC(=O)[C@H](C)NC)C4C=CC=CC4)C3)c2)C[C@H]1C(=O)N[C@H](C)c1ccccc1)c1ccccc1. The third kappa shape index (κ3) is 13.8. The van der Waals surface area contributed by atoms with Gasteiger partial charge < -0.3 is 52.3 Å². The van der Waals surface area contributed by atoms with Gasteiger partial charge in [0.05, 0.1) is 24.2 Å². The number of benzene rings is 4. The van der Waals surface area contributed by atoms with Crippen molar-refractivity contribution in [2.45, 2.75) is 107 Å². The lowest BCUT2D eigenvalue weighted by Crippen LogP contribution is -2.58. The van der Waals surface area contributed by atoms with Crippen molar-refractivity contribution in [1.29, 1.82) is 0 Å². The minimum Gasteiger partial charge on any atom is -0.348 e. The highest BCUT2D eigenvalue weighted by Gasteiger charge is 2.46. The van der Waals surface area contributed by atoms with Crippen LogP contribution < -0.4 is 42.5 Å². The third-order valence-corrected chi connectivity index (χ3v) is 14.5. The van der Waals surface area contributed by atoms with E-state index in [0.717, 1.165) is 11.1 Å². The largest absolute Gasteiger partial charge is 0.348 e. The van der Waals surface area contributed by atoms with E-state index in [1.165, 1.54) is 15.9 Å². The summed E-state index contributed by atoms with van der Waals surface area (Å²) in [7, 11) is 3.28. The molecule has 400 valence electrons. The summed E-state index contributed by atoms with van der Waals surface area (Å²) < 4.78 is 0. The topological polar surface area (TPSA) is 239 Å². The lowest BCUT2D eigenvalue weighted by Gasteiger charge is -2.33. The number of allylic oxidation sites excluding steroid dienone is 3. The maximum atomic E-state index is 14.8. The number of hydrogen-bond donors (Lipinski definition) is 8. The number of hydrogen-bond acceptors (Lipinski definition) is 10. The molecule has 2 saturated heterocycles. The van der Waals surface area contributed by atoms with Crippen LogP contribution in [0.3, 0.4) is 0 Å². The van der Waals surface area contributed by atoms with Crippen molar-refractivity contribution < 1.29 is 38.4 Å². The maximum absolute atomic E-state index is 14.8. The van der Waals surface area contributed by atoms with Gasteiger partial charge >= 0.3 is 0 Å². The Balaban J connectivity index is 1.09. The van der Waals surface area contributed by atoms with Crippen molar-refractivity contribution in [2.75, 3.05) is 27.2 Å². The first-order valence-electron chi connectivity index (χ1n) is 25.9. The smallest absolute Gasteiger partial charge is 0.251 e. The molecule has 0 radical (unpaired) electrons. The normalized spacial score (nSPS) is 21.2. The molecule has 8 amide bonds. The van der Waals surface area contributed by atoms with E-state index in [2.05, 4.69) is 42.5 Å². The molecule has 2 heterocycles. The third-order valence-electron chi connectivity index (χ3n) is 14.5. The number of nitrogens with zero attached hydrogens (tertiary/aromatic N) is 2. The summed E-state index contributed by atoms with van der Waals surface area (Å²) in [5.74, 6) is -4.18. The minimum atomic E-state index is -1.15. The zero-order valence-corrected chi connectivity index (χ0v) is 43.8. The molecule has 11 atom stereocenters. The van der Waals surface area contributed by atoms with E-state index in [1.807, 2.05) is 98.8 Å². The Hall–Kier alpha value is -7.96. The summed E-state index contributed by atoms with van der Waals surface area (Å²) in [5, 5.41) is 23.7. The minimum absolute atomic E-state index is 0.0398. The summed E-state index contributed by atoms with van der Waals surface area (Å²) in [6, 6.07) is 25.9. The van der Waals surface area contributed by atoms with Crippen molar-refractivity contribution in [3.8, 4) is 0 Å². The van der Waals surface area contributed by atoms with Crippen LogP contribution in [0.25, 0.3) is 0 Å². The zero-order chi connectivity index (χ0) is 54.5. The standard InChI is InChI=1S/C58H70N10O8/c1-35(39-20-11-7-12-21-39)61-55(73)47-31-45(33-67(47)57(75)49(41-24-15-9-16-25-41)65-51(69)37(3)59-5)63-53(71)43-28-19-29-44(30-43)54(72)64-46-32-48(56(74)62-36(2)40-22-13-8-14-23-40)68(34-46)58(76)50(42-26-17-10-18-27-42)66-52(70)38(4)60-6/h7-26,28-30,35-38,42,45-50,59-60H,27,31-34H2,1-6H3,(H,61,73)(H,62,74)(H,63,71)(H,64,72)(H,65,69)(H,66,70)/t35-,36-,37+,38+,42?,45+,46+,47+,48+,49+,50+/m1/s1. The van der Waals surface area contributed by atoms with Crippen LogP contribution in [0.5, 0.6) is 0 Å². The molecule has 0 aromatic heterocycles. The monoisotopic (exact) mass is 1030 g/mol. The summed E-state index contributed by atoms with van der Waals surface area (Å²) in [6.07, 6.45) is 8.06. The van der Waals surface area contributed by atoms with E-state index < -0.39 is 108 Å². The van der Waals surface area contributed by atoms with Crippen LogP contribution in [-0.2, 0) is 28.8 Å². The first-order valence-corrected chi connectivity index (χ1v) is 25.9. The molecule has 0 bridgehead atoms. The summed E-state index contributed by atoms with van der Waals surface area (Å²) in [5.41, 5.74) is 2.49. The molecule has 4 aromatic carbocycles. The molecule has 76 heavy (non-hydrogen) atoms. The second-order valence-corrected chi connectivity index (χ2v) is 19.8. The molecule has 1 aliphatic carbocycles. The van der Waals surface area contributed by atoms with Crippen molar-refractivity contribution in [2.24, 2.45) is 5.92 Å². The number of likely N-dealkylation sites (tertiary alicyclic amines) is 2. The summed E-state index contributed by atoms with van der Waals surface area (Å²) in [6.45, 7) is 6.93. The van der Waals surface area contributed by atoms with Crippen LogP contribution in [0.2, 0.25) is 0 Å². The highest BCUT2D eigenvalue weighted by molar-refractivity contribution is 6.01. The Labute approximate surface area is 444 Å². The van der Waals surface area contributed by atoms with Gasteiger partial charge in [0.25, 0.3) is 17.7 Å². The van der Waals surface area contributed by atoms with Gasteiger partial charge in [0.15, 0.2) is 0 Å². The van der Waals surface area contributed by atoms with Gasteiger partial charge in [-0.25, -0.2) is 0 Å². The number of likely N-dealkylation sites (N-methyl/N-ethyl adjacent to an activating group) is 2. The highest BCUT2D eigenvalue weighted by Crippen LogP contribution is 2.28. The summed E-state index contributed by atoms with van der Waals surface area (Å²) >= 11 is 0. The van der Waals surface area contributed by atoms with Gasteiger partial charge in [-0.2, -0.15) is 0 Å². The zero-order valence-electron chi connectivity index (χ0n) is 43.8. The quantitative estimate of drug-likeness (QED) is 0.0641. The van der Waals surface area contributed by atoms with Gasteiger partial charge in [-0.15, -0.1) is 0 Å². The van der Waals surface area contributed by atoms with Crippen LogP contribution >= 0.6 is 0 Å². The fourth-order valence-corrected chi connectivity index (χ4v) is 9.76. The lowest BCUT2D eigenvalue weighted by atomic mass is 9.91. The molecule has 8 N–H and O–H groups in total. The van der Waals surface area contributed by atoms with Crippen LogP contribution in [0, 0.1) is 5.92 Å². The van der Waals surface area contributed by atoms with Gasteiger partial charge in [-0.1, -0.05) is 121 Å². The first kappa shape index (κ1) is 55.8. The average Bonchev–Trinajstić information content (AvgIpc) is 4.08. The molecule has 2 aliphatic heterocycles. The Kier molecular flexibility index (Phi) is 19.1. The first-order chi connectivity index (χ1) is 36.6. The number of carbonyl (C=O) groups excluding carboxylic acids is 8. The van der Waals surface area contributed by atoms with Crippen molar-refractivity contribution >= 4 is 47.3 Å². The molecule has 3 aliphatic rings. The Morgan fingerprint density at radius 3 is 1.41 bits per heavy atom. The van der Waals surface area contributed by atoms with Crippen molar-refractivity contribution in [1.82, 2.24) is 52.3 Å². The Morgan fingerprint density at radius 1 is 0.513 bits per heavy atom. The summed E-state index contributed by atoms with van der Waals surface area (Å²) in [4.78, 5) is 116. The molecular formula is C58H70N10O8. The fourth-order valence-electron chi connectivity index (χ4n) is 9.76.